The largest absolute Gasteiger partial charge is 0.388 e. The molecule has 2 fully saturated rings. The molecule has 3 unspecified atom stereocenters. The van der Waals surface area contributed by atoms with Crippen LogP contribution in [-0.2, 0) is 13.0 Å². The summed E-state index contributed by atoms with van der Waals surface area (Å²) in [5, 5.41) is 17.8. The molecule has 0 amide bonds. The first-order chi connectivity index (χ1) is 8.69. The van der Waals surface area contributed by atoms with Gasteiger partial charge in [-0.05, 0) is 50.9 Å². The van der Waals surface area contributed by atoms with Crippen molar-refractivity contribution in [2.24, 2.45) is 17.8 Å². The molecule has 0 aliphatic heterocycles. The maximum Gasteiger partial charge on any atom is 0.159 e. The lowest BCUT2D eigenvalue weighted by atomic mass is 9.86. The highest BCUT2D eigenvalue weighted by atomic mass is 16.3. The Kier molecular flexibility index (Phi) is 3.14. The quantitative estimate of drug-likeness (QED) is 0.891. The fourth-order valence-electron chi connectivity index (χ4n) is 4.06. The second kappa shape index (κ2) is 4.65. The van der Waals surface area contributed by atoms with E-state index in [2.05, 4.69) is 28.6 Å². The molecule has 4 heteroatoms. The van der Waals surface area contributed by atoms with Gasteiger partial charge in [-0.2, -0.15) is 0 Å². The van der Waals surface area contributed by atoms with Gasteiger partial charge < -0.3 is 9.67 Å². The molecule has 1 heterocycles. The summed E-state index contributed by atoms with van der Waals surface area (Å²) in [5.41, 5.74) is 0. The lowest BCUT2D eigenvalue weighted by Gasteiger charge is -2.22. The van der Waals surface area contributed by atoms with Crippen molar-refractivity contribution >= 4 is 0 Å². The standard InChI is InChI=1S/C14H23N3O/c1-9(2)17-13(15-16-14(17)8-18)7-12-6-10-3-4-11(12)5-10/h9-12,18H,3-8H2,1-2H3. The van der Waals surface area contributed by atoms with Gasteiger partial charge in [0.1, 0.15) is 12.4 Å². The third-order valence-corrected chi connectivity index (χ3v) is 4.82. The van der Waals surface area contributed by atoms with Crippen LogP contribution in [0.3, 0.4) is 0 Å². The summed E-state index contributed by atoms with van der Waals surface area (Å²) in [6, 6.07) is 0.329. The number of rotatable bonds is 4. The number of hydrogen-bond donors (Lipinski definition) is 1. The normalized spacial score (nSPS) is 30.6. The lowest BCUT2D eigenvalue weighted by Crippen LogP contribution is -2.18. The van der Waals surface area contributed by atoms with Crippen LogP contribution in [0.1, 0.15) is 57.2 Å². The Hall–Kier alpha value is -0.900. The topological polar surface area (TPSA) is 50.9 Å². The maximum absolute atomic E-state index is 9.32. The molecule has 1 aromatic rings. The fraction of sp³-hybridized carbons (Fsp3) is 0.857. The molecule has 18 heavy (non-hydrogen) atoms. The van der Waals surface area contributed by atoms with E-state index in [1.807, 2.05) is 0 Å². The van der Waals surface area contributed by atoms with Crippen LogP contribution in [0.2, 0.25) is 0 Å². The van der Waals surface area contributed by atoms with Crippen LogP contribution < -0.4 is 0 Å². The lowest BCUT2D eigenvalue weighted by molar-refractivity contribution is 0.260. The van der Waals surface area contributed by atoms with Gasteiger partial charge >= 0.3 is 0 Å². The highest BCUT2D eigenvalue weighted by molar-refractivity contribution is 5.01. The van der Waals surface area contributed by atoms with E-state index < -0.39 is 0 Å². The Morgan fingerprint density at radius 2 is 2.00 bits per heavy atom. The molecule has 3 atom stereocenters. The zero-order valence-electron chi connectivity index (χ0n) is 11.3. The van der Waals surface area contributed by atoms with Gasteiger partial charge in [-0.1, -0.05) is 6.42 Å². The molecule has 100 valence electrons. The molecule has 1 aromatic heterocycles. The molecule has 2 aliphatic carbocycles. The van der Waals surface area contributed by atoms with Crippen LogP contribution in [0, 0.1) is 17.8 Å². The summed E-state index contributed by atoms with van der Waals surface area (Å²) in [7, 11) is 0. The zero-order valence-corrected chi connectivity index (χ0v) is 11.3. The minimum atomic E-state index is -0.0120. The molecule has 2 bridgehead atoms. The smallest absolute Gasteiger partial charge is 0.159 e. The van der Waals surface area contributed by atoms with Crippen LogP contribution in [0.4, 0.5) is 0 Å². The van der Waals surface area contributed by atoms with Crippen LogP contribution >= 0.6 is 0 Å². The number of fused-ring (bicyclic) bond motifs is 2. The Morgan fingerprint density at radius 3 is 2.56 bits per heavy atom. The fourth-order valence-corrected chi connectivity index (χ4v) is 4.06. The van der Waals surface area contributed by atoms with Crippen molar-refractivity contribution in [3.05, 3.63) is 11.6 Å². The van der Waals surface area contributed by atoms with Crippen LogP contribution in [-0.4, -0.2) is 19.9 Å². The molecule has 1 N–H and O–H groups in total. The van der Waals surface area contributed by atoms with E-state index in [9.17, 15) is 5.11 Å². The summed E-state index contributed by atoms with van der Waals surface area (Å²) < 4.78 is 2.12. The third-order valence-electron chi connectivity index (χ3n) is 4.82. The van der Waals surface area contributed by atoms with E-state index in [1.165, 1.54) is 25.7 Å². The van der Waals surface area contributed by atoms with E-state index in [1.54, 1.807) is 0 Å². The summed E-state index contributed by atoms with van der Waals surface area (Å²) >= 11 is 0. The van der Waals surface area contributed by atoms with Gasteiger partial charge in [-0.25, -0.2) is 0 Å². The van der Waals surface area contributed by atoms with Crippen molar-refractivity contribution in [2.75, 3.05) is 0 Å². The first kappa shape index (κ1) is 12.2. The predicted octanol–water partition coefficient (Wildman–Crippen LogP) is 2.33. The van der Waals surface area contributed by atoms with Crippen molar-refractivity contribution < 1.29 is 5.11 Å². The summed E-state index contributed by atoms with van der Waals surface area (Å²) in [6.07, 6.45) is 6.72. The average molecular weight is 249 g/mol. The number of aromatic nitrogens is 3. The van der Waals surface area contributed by atoms with Gasteiger partial charge in [0.05, 0.1) is 0 Å². The maximum atomic E-state index is 9.32. The molecule has 0 aromatic carbocycles. The molecule has 2 aliphatic rings. The van der Waals surface area contributed by atoms with Gasteiger partial charge in [0, 0.05) is 12.5 Å². The first-order valence-electron chi connectivity index (χ1n) is 7.22. The van der Waals surface area contributed by atoms with Gasteiger partial charge in [-0.15, -0.1) is 10.2 Å². The van der Waals surface area contributed by atoms with E-state index in [4.69, 9.17) is 0 Å². The van der Waals surface area contributed by atoms with Crippen molar-refractivity contribution in [3.63, 3.8) is 0 Å². The van der Waals surface area contributed by atoms with Crippen molar-refractivity contribution in [1.82, 2.24) is 14.8 Å². The van der Waals surface area contributed by atoms with E-state index in [0.717, 1.165) is 30.0 Å². The molecular weight excluding hydrogens is 226 g/mol. The van der Waals surface area contributed by atoms with Crippen LogP contribution in [0.15, 0.2) is 0 Å². The minimum Gasteiger partial charge on any atom is -0.388 e. The predicted molar refractivity (Wildman–Crippen MR) is 69.0 cm³/mol. The van der Waals surface area contributed by atoms with Crippen LogP contribution in [0.5, 0.6) is 0 Å². The zero-order chi connectivity index (χ0) is 12.7. The van der Waals surface area contributed by atoms with E-state index >= 15 is 0 Å². The number of aliphatic hydroxyl groups excluding tert-OH is 1. The first-order valence-corrected chi connectivity index (χ1v) is 7.22. The van der Waals surface area contributed by atoms with E-state index in [0.29, 0.717) is 11.9 Å². The Labute approximate surface area is 108 Å². The second-order valence-corrected chi connectivity index (χ2v) is 6.29. The average Bonchev–Trinajstić information content (AvgIpc) is 3.02. The van der Waals surface area contributed by atoms with Crippen molar-refractivity contribution in [3.8, 4) is 0 Å². The Balaban J connectivity index is 1.78. The Bertz CT molecular complexity index is 427. The third kappa shape index (κ3) is 1.96. The second-order valence-electron chi connectivity index (χ2n) is 6.29. The van der Waals surface area contributed by atoms with Gasteiger partial charge in [0.2, 0.25) is 0 Å². The van der Waals surface area contributed by atoms with Gasteiger partial charge in [-0.3, -0.25) is 0 Å². The molecule has 3 rings (SSSR count). The monoisotopic (exact) mass is 249 g/mol. The summed E-state index contributed by atoms with van der Waals surface area (Å²) in [4.78, 5) is 0. The number of nitrogens with zero attached hydrogens (tertiary/aromatic N) is 3. The summed E-state index contributed by atoms with van der Waals surface area (Å²) in [6.45, 7) is 4.25. The molecule has 0 spiro atoms. The molecule has 2 saturated carbocycles. The molecular formula is C14H23N3O. The minimum absolute atomic E-state index is 0.0120. The number of aliphatic hydroxyl groups is 1. The number of hydrogen-bond acceptors (Lipinski definition) is 3. The van der Waals surface area contributed by atoms with Crippen molar-refractivity contribution in [2.45, 2.75) is 58.6 Å². The van der Waals surface area contributed by atoms with Crippen molar-refractivity contribution in [1.29, 1.82) is 0 Å². The van der Waals surface area contributed by atoms with Gasteiger partial charge in [0.25, 0.3) is 0 Å². The molecule has 0 saturated heterocycles. The highest BCUT2D eigenvalue weighted by Crippen LogP contribution is 2.49. The molecule has 0 radical (unpaired) electrons. The summed E-state index contributed by atoms with van der Waals surface area (Å²) in [5.74, 6) is 4.49. The van der Waals surface area contributed by atoms with E-state index in [-0.39, 0.29) is 6.61 Å². The van der Waals surface area contributed by atoms with Gasteiger partial charge in [0.15, 0.2) is 5.82 Å². The van der Waals surface area contributed by atoms with Crippen LogP contribution in [0.25, 0.3) is 0 Å². The SMILES string of the molecule is CC(C)n1c(CO)nnc1CC1CC2CCC1C2. The molecule has 4 nitrogen and oxygen atoms in total. The Morgan fingerprint density at radius 1 is 1.22 bits per heavy atom. The highest BCUT2D eigenvalue weighted by Gasteiger charge is 2.40.